The molecule has 0 radical (unpaired) electrons. The van der Waals surface area contributed by atoms with Gasteiger partial charge in [0, 0.05) is 27.2 Å². The van der Waals surface area contributed by atoms with Gasteiger partial charge in [0.2, 0.25) is 0 Å². The first kappa shape index (κ1) is 15.4. The van der Waals surface area contributed by atoms with Crippen molar-refractivity contribution < 1.29 is 4.74 Å². The zero-order chi connectivity index (χ0) is 14.7. The van der Waals surface area contributed by atoms with Gasteiger partial charge in [-0.3, -0.25) is 0 Å². The number of hydrogen-bond acceptors (Lipinski definition) is 2. The summed E-state index contributed by atoms with van der Waals surface area (Å²) in [6.45, 7) is 0.274. The summed E-state index contributed by atoms with van der Waals surface area (Å²) in [6.07, 6.45) is 0. The van der Waals surface area contributed by atoms with Gasteiger partial charge in [-0.2, -0.15) is 0 Å². The molecular formula is C14H10Cl3NOS. The third kappa shape index (κ3) is 3.76. The molecule has 20 heavy (non-hydrogen) atoms. The highest BCUT2D eigenvalue weighted by molar-refractivity contribution is 7.80. The Labute approximate surface area is 137 Å². The van der Waals surface area contributed by atoms with Crippen molar-refractivity contribution in [2.45, 2.75) is 6.61 Å². The Morgan fingerprint density at radius 3 is 2.45 bits per heavy atom. The first-order chi connectivity index (χ1) is 9.47. The van der Waals surface area contributed by atoms with Crippen molar-refractivity contribution in [2.75, 3.05) is 0 Å². The van der Waals surface area contributed by atoms with Gasteiger partial charge in [0.1, 0.15) is 17.3 Å². The minimum absolute atomic E-state index is 0.274. The molecule has 0 aromatic heterocycles. The Kier molecular flexibility index (Phi) is 5.11. The van der Waals surface area contributed by atoms with Crippen LogP contribution in [0.1, 0.15) is 11.1 Å². The van der Waals surface area contributed by atoms with E-state index in [0.29, 0.717) is 25.8 Å². The van der Waals surface area contributed by atoms with Crippen molar-refractivity contribution >= 4 is 52.0 Å². The third-order valence-corrected chi connectivity index (χ3v) is 3.75. The van der Waals surface area contributed by atoms with E-state index in [0.717, 1.165) is 11.1 Å². The fourth-order valence-electron chi connectivity index (χ4n) is 1.56. The van der Waals surface area contributed by atoms with Crippen molar-refractivity contribution in [3.8, 4) is 5.75 Å². The molecule has 0 atom stereocenters. The van der Waals surface area contributed by atoms with Crippen molar-refractivity contribution in [1.29, 1.82) is 0 Å². The summed E-state index contributed by atoms with van der Waals surface area (Å²) in [7, 11) is 0. The molecule has 0 heterocycles. The summed E-state index contributed by atoms with van der Waals surface area (Å²) in [5, 5.41) is 1.58. The molecule has 0 amide bonds. The average Bonchev–Trinajstić information content (AvgIpc) is 2.40. The molecule has 0 bridgehead atoms. The smallest absolute Gasteiger partial charge is 0.139 e. The summed E-state index contributed by atoms with van der Waals surface area (Å²) in [6, 6.07) is 10.3. The molecule has 104 valence electrons. The Hall–Kier alpha value is -1.000. The second-order valence-corrected chi connectivity index (χ2v) is 5.72. The minimum atomic E-state index is 0.274. The van der Waals surface area contributed by atoms with Gasteiger partial charge < -0.3 is 10.5 Å². The van der Waals surface area contributed by atoms with Gasteiger partial charge in [0.05, 0.1) is 5.02 Å². The van der Waals surface area contributed by atoms with Gasteiger partial charge in [-0.1, -0.05) is 59.2 Å². The number of benzene rings is 2. The lowest BCUT2D eigenvalue weighted by Crippen LogP contribution is -2.09. The van der Waals surface area contributed by atoms with Crippen LogP contribution in [0.15, 0.2) is 36.4 Å². The number of nitrogens with two attached hydrogens (primary N) is 1. The zero-order valence-corrected chi connectivity index (χ0v) is 13.3. The van der Waals surface area contributed by atoms with Crippen LogP contribution in [-0.2, 0) is 6.61 Å². The number of rotatable bonds is 4. The molecule has 6 heteroatoms. The van der Waals surface area contributed by atoms with E-state index in [1.807, 2.05) is 6.07 Å². The van der Waals surface area contributed by atoms with Gasteiger partial charge in [-0.05, 0) is 18.2 Å². The van der Waals surface area contributed by atoms with Gasteiger partial charge in [-0.15, -0.1) is 0 Å². The van der Waals surface area contributed by atoms with Crippen LogP contribution in [0.4, 0.5) is 0 Å². The van der Waals surface area contributed by atoms with Crippen LogP contribution in [0.5, 0.6) is 5.75 Å². The lowest BCUT2D eigenvalue weighted by atomic mass is 10.1. The van der Waals surface area contributed by atoms with Gasteiger partial charge >= 0.3 is 0 Å². The van der Waals surface area contributed by atoms with Crippen LogP contribution < -0.4 is 10.5 Å². The normalized spacial score (nSPS) is 10.3. The van der Waals surface area contributed by atoms with Crippen LogP contribution in [0.2, 0.25) is 15.1 Å². The molecule has 2 rings (SSSR count). The fourth-order valence-corrected chi connectivity index (χ4v) is 2.26. The highest BCUT2D eigenvalue weighted by Crippen LogP contribution is 2.29. The molecule has 0 aliphatic heterocycles. The molecule has 2 N–H and O–H groups in total. The summed E-state index contributed by atoms with van der Waals surface area (Å²) < 4.78 is 5.62. The molecule has 2 aromatic carbocycles. The minimum Gasteiger partial charge on any atom is -0.487 e. The summed E-state index contributed by atoms with van der Waals surface area (Å²) >= 11 is 23.0. The molecule has 0 aliphatic rings. The fraction of sp³-hybridized carbons (Fsp3) is 0.0714. The average molecular weight is 347 g/mol. The maximum absolute atomic E-state index is 6.16. The van der Waals surface area contributed by atoms with E-state index < -0.39 is 0 Å². The van der Waals surface area contributed by atoms with E-state index in [4.69, 9.17) is 57.5 Å². The van der Waals surface area contributed by atoms with Gasteiger partial charge in [0.15, 0.2) is 0 Å². The van der Waals surface area contributed by atoms with E-state index >= 15 is 0 Å². The molecule has 0 unspecified atom stereocenters. The van der Waals surface area contributed by atoms with E-state index in [1.54, 1.807) is 30.3 Å². The Morgan fingerprint density at radius 2 is 1.80 bits per heavy atom. The molecule has 0 saturated carbocycles. The molecule has 2 nitrogen and oxygen atoms in total. The topological polar surface area (TPSA) is 35.2 Å². The van der Waals surface area contributed by atoms with Gasteiger partial charge in [0.25, 0.3) is 0 Å². The number of thiocarbonyl (C=S) groups is 1. The predicted molar refractivity (Wildman–Crippen MR) is 88.1 cm³/mol. The first-order valence-corrected chi connectivity index (χ1v) is 7.17. The molecule has 0 fully saturated rings. The van der Waals surface area contributed by atoms with Crippen molar-refractivity contribution in [3.63, 3.8) is 0 Å². The summed E-state index contributed by atoms with van der Waals surface area (Å²) in [4.78, 5) is 0.303. The molecule has 0 aliphatic carbocycles. The molecule has 0 spiro atoms. The van der Waals surface area contributed by atoms with Crippen molar-refractivity contribution in [2.24, 2.45) is 5.73 Å². The Balaban J connectivity index is 2.15. The largest absolute Gasteiger partial charge is 0.487 e. The van der Waals surface area contributed by atoms with Gasteiger partial charge in [-0.25, -0.2) is 0 Å². The Morgan fingerprint density at radius 1 is 1.05 bits per heavy atom. The SMILES string of the molecule is NC(=S)c1ccc(COc2cc(Cl)ccc2Cl)c(Cl)c1. The van der Waals surface area contributed by atoms with Crippen molar-refractivity contribution in [3.05, 3.63) is 62.6 Å². The van der Waals surface area contributed by atoms with E-state index in [9.17, 15) is 0 Å². The Bertz CT molecular complexity index is 661. The van der Waals surface area contributed by atoms with Crippen LogP contribution in [0.25, 0.3) is 0 Å². The number of hydrogen-bond donors (Lipinski definition) is 1. The standard InChI is InChI=1S/C14H10Cl3NOS/c15-10-3-4-11(16)13(6-10)19-7-9-2-1-8(14(18)20)5-12(9)17/h1-6H,7H2,(H2,18,20). The van der Waals surface area contributed by atoms with E-state index in [1.165, 1.54) is 0 Å². The van der Waals surface area contributed by atoms with Crippen LogP contribution >= 0.6 is 47.0 Å². The highest BCUT2D eigenvalue weighted by atomic mass is 35.5. The predicted octanol–water partition coefficient (Wildman–Crippen LogP) is 4.86. The first-order valence-electron chi connectivity index (χ1n) is 5.63. The van der Waals surface area contributed by atoms with E-state index in [-0.39, 0.29) is 6.61 Å². The monoisotopic (exact) mass is 345 g/mol. The quantitative estimate of drug-likeness (QED) is 0.803. The van der Waals surface area contributed by atoms with Crippen LogP contribution in [0.3, 0.4) is 0 Å². The summed E-state index contributed by atoms with van der Waals surface area (Å²) in [5.41, 5.74) is 7.07. The zero-order valence-electron chi connectivity index (χ0n) is 10.2. The highest BCUT2D eigenvalue weighted by Gasteiger charge is 2.07. The molecule has 0 saturated heterocycles. The van der Waals surface area contributed by atoms with Crippen LogP contribution in [0, 0.1) is 0 Å². The molecular weight excluding hydrogens is 337 g/mol. The maximum atomic E-state index is 6.16. The number of ether oxygens (including phenoxy) is 1. The number of halogens is 3. The van der Waals surface area contributed by atoms with E-state index in [2.05, 4.69) is 0 Å². The second-order valence-electron chi connectivity index (χ2n) is 4.03. The van der Waals surface area contributed by atoms with Crippen LogP contribution in [-0.4, -0.2) is 4.99 Å². The van der Waals surface area contributed by atoms with Crippen molar-refractivity contribution in [1.82, 2.24) is 0 Å². The maximum Gasteiger partial charge on any atom is 0.139 e. The third-order valence-electron chi connectivity index (χ3n) is 2.61. The lowest BCUT2D eigenvalue weighted by Gasteiger charge is -2.10. The summed E-state index contributed by atoms with van der Waals surface area (Å²) in [5.74, 6) is 0.508. The second kappa shape index (κ2) is 6.64. The lowest BCUT2D eigenvalue weighted by molar-refractivity contribution is 0.306. The molecule has 2 aromatic rings.